The summed E-state index contributed by atoms with van der Waals surface area (Å²) < 4.78 is 30.8. The van der Waals surface area contributed by atoms with Crippen LogP contribution in [0.1, 0.15) is 18.9 Å². The Morgan fingerprint density at radius 2 is 1.96 bits per heavy atom. The van der Waals surface area contributed by atoms with Gasteiger partial charge in [0.2, 0.25) is 5.91 Å². The molecule has 0 aromatic heterocycles. The van der Waals surface area contributed by atoms with Gasteiger partial charge in [0.15, 0.2) is 16.4 Å². The number of hydrogen-bond donors (Lipinski definition) is 2. The van der Waals surface area contributed by atoms with E-state index in [-0.39, 0.29) is 29.7 Å². The second kappa shape index (κ2) is 7.79. The van der Waals surface area contributed by atoms with Crippen molar-refractivity contribution < 1.29 is 22.7 Å². The number of hydrogen-bond acceptors (Lipinski definition) is 5. The van der Waals surface area contributed by atoms with E-state index in [1.54, 1.807) is 0 Å². The highest BCUT2D eigenvalue weighted by Gasteiger charge is 2.27. The highest BCUT2D eigenvalue weighted by Crippen LogP contribution is 2.31. The summed E-state index contributed by atoms with van der Waals surface area (Å²) >= 11 is 0. The zero-order valence-corrected chi connectivity index (χ0v) is 15.6. The summed E-state index contributed by atoms with van der Waals surface area (Å²) in [6, 6.07) is 13.7. The molecule has 8 heteroatoms. The number of sulfone groups is 1. The first-order valence-corrected chi connectivity index (χ1v) is 10.0. The molecule has 2 amide bonds. The summed E-state index contributed by atoms with van der Waals surface area (Å²) in [5.41, 5.74) is 1.25. The van der Waals surface area contributed by atoms with E-state index in [2.05, 4.69) is 10.6 Å². The van der Waals surface area contributed by atoms with Gasteiger partial charge in [-0.25, -0.2) is 8.42 Å². The summed E-state index contributed by atoms with van der Waals surface area (Å²) in [5.74, 6) is -0.267. The van der Waals surface area contributed by atoms with E-state index in [4.69, 9.17) is 4.74 Å². The van der Waals surface area contributed by atoms with Crippen LogP contribution in [0.3, 0.4) is 0 Å². The summed E-state index contributed by atoms with van der Waals surface area (Å²) in [6.45, 7) is 1.73. The predicted octanol–water partition coefficient (Wildman–Crippen LogP) is 1.89. The van der Waals surface area contributed by atoms with Gasteiger partial charge in [-0.3, -0.25) is 9.59 Å². The zero-order valence-electron chi connectivity index (χ0n) is 14.8. The van der Waals surface area contributed by atoms with Crippen LogP contribution in [0.25, 0.3) is 0 Å². The Hall–Kier alpha value is -2.87. The first-order valence-electron chi connectivity index (χ1n) is 8.47. The third-order valence-corrected chi connectivity index (χ3v) is 6.38. The van der Waals surface area contributed by atoms with Gasteiger partial charge in [0.1, 0.15) is 5.75 Å². The van der Waals surface area contributed by atoms with Gasteiger partial charge in [0, 0.05) is 13.0 Å². The Kier molecular flexibility index (Phi) is 5.46. The lowest BCUT2D eigenvalue weighted by molar-refractivity contribution is -0.121. The molecule has 2 N–H and O–H groups in total. The number of nitrogens with one attached hydrogen (secondary N) is 2. The average Bonchev–Trinajstić information content (AvgIpc) is 2.66. The maximum atomic E-state index is 12.8. The van der Waals surface area contributed by atoms with Crippen LogP contribution in [0.5, 0.6) is 5.75 Å². The molecule has 0 bridgehead atoms. The Bertz CT molecular complexity index is 957. The van der Waals surface area contributed by atoms with Crippen molar-refractivity contribution in [1.82, 2.24) is 5.32 Å². The largest absolute Gasteiger partial charge is 0.482 e. The topological polar surface area (TPSA) is 102 Å². The fourth-order valence-electron chi connectivity index (χ4n) is 2.71. The third-order valence-electron chi connectivity index (χ3n) is 4.25. The molecule has 2 aromatic rings. The van der Waals surface area contributed by atoms with E-state index < -0.39 is 15.1 Å². The number of carbonyl (C=O) groups excluding carboxylic acids is 2. The minimum absolute atomic E-state index is 0.0374. The molecule has 0 fully saturated rings. The van der Waals surface area contributed by atoms with Gasteiger partial charge < -0.3 is 15.4 Å². The predicted molar refractivity (Wildman–Crippen MR) is 100 cm³/mol. The first kappa shape index (κ1) is 18.9. The fraction of sp³-hybridized carbons (Fsp3) is 0.263. The number of ether oxygens (including phenoxy) is 1. The zero-order chi connectivity index (χ0) is 19.4. The molecule has 1 atom stereocenters. The quantitative estimate of drug-likeness (QED) is 0.787. The van der Waals surface area contributed by atoms with E-state index in [0.29, 0.717) is 18.0 Å². The molecular formula is C19H20N2O5S. The van der Waals surface area contributed by atoms with Crippen LogP contribution in [0.15, 0.2) is 53.4 Å². The van der Waals surface area contributed by atoms with Crippen LogP contribution in [0, 0.1) is 0 Å². The molecule has 0 saturated heterocycles. The van der Waals surface area contributed by atoms with Gasteiger partial charge in [-0.15, -0.1) is 0 Å². The van der Waals surface area contributed by atoms with Crippen molar-refractivity contribution >= 4 is 27.3 Å². The number of carbonyl (C=O) groups is 2. The molecule has 27 heavy (non-hydrogen) atoms. The van der Waals surface area contributed by atoms with Crippen molar-refractivity contribution in [2.24, 2.45) is 0 Å². The molecule has 0 aliphatic carbocycles. The lowest BCUT2D eigenvalue weighted by Gasteiger charge is -2.19. The first-order chi connectivity index (χ1) is 12.9. The average molecular weight is 388 g/mol. The molecule has 0 saturated carbocycles. The Labute approximate surface area is 157 Å². The van der Waals surface area contributed by atoms with Gasteiger partial charge >= 0.3 is 0 Å². The molecule has 0 radical (unpaired) electrons. The summed E-state index contributed by atoms with van der Waals surface area (Å²) in [4.78, 5) is 23.6. The molecule has 1 heterocycles. The Morgan fingerprint density at radius 1 is 1.22 bits per heavy atom. The molecule has 0 unspecified atom stereocenters. The van der Waals surface area contributed by atoms with Crippen LogP contribution >= 0.6 is 0 Å². The standard InChI is InChI=1S/C19H20N2O5S/c1-13(9-18(22)20-11-14-5-3-2-4-6-14)27(24,25)15-7-8-17-16(10-15)21-19(23)12-26-17/h2-8,10,13H,9,11-12H2,1H3,(H,20,22)(H,21,23)/t13-/m0/s1. The van der Waals surface area contributed by atoms with E-state index in [9.17, 15) is 18.0 Å². The highest BCUT2D eigenvalue weighted by molar-refractivity contribution is 7.92. The van der Waals surface area contributed by atoms with Crippen LogP contribution in [0.2, 0.25) is 0 Å². The minimum atomic E-state index is -3.74. The van der Waals surface area contributed by atoms with Gasteiger partial charge in [-0.1, -0.05) is 30.3 Å². The molecule has 0 spiro atoms. The lowest BCUT2D eigenvalue weighted by atomic mass is 10.2. The van der Waals surface area contributed by atoms with Gasteiger partial charge in [0.25, 0.3) is 5.91 Å². The van der Waals surface area contributed by atoms with Crippen molar-refractivity contribution in [1.29, 1.82) is 0 Å². The maximum absolute atomic E-state index is 12.8. The van der Waals surface area contributed by atoms with E-state index in [1.807, 2.05) is 30.3 Å². The van der Waals surface area contributed by atoms with E-state index in [0.717, 1.165) is 5.56 Å². The molecule has 7 nitrogen and oxygen atoms in total. The molecule has 142 valence electrons. The number of fused-ring (bicyclic) bond motifs is 1. The maximum Gasteiger partial charge on any atom is 0.262 e. The van der Waals surface area contributed by atoms with Crippen molar-refractivity contribution in [3.05, 3.63) is 54.1 Å². The molecule has 1 aliphatic heterocycles. The van der Waals surface area contributed by atoms with E-state index >= 15 is 0 Å². The normalized spacial score (nSPS) is 14.5. The third kappa shape index (κ3) is 4.46. The van der Waals surface area contributed by atoms with Crippen LogP contribution < -0.4 is 15.4 Å². The number of rotatable bonds is 6. The number of anilines is 1. The molecular weight excluding hydrogens is 368 g/mol. The van der Waals surface area contributed by atoms with Gasteiger partial charge in [0.05, 0.1) is 15.8 Å². The van der Waals surface area contributed by atoms with Crippen LogP contribution in [0.4, 0.5) is 5.69 Å². The van der Waals surface area contributed by atoms with Crippen molar-refractivity contribution in [3.8, 4) is 5.75 Å². The summed E-state index contributed by atoms with van der Waals surface area (Å²) in [5, 5.41) is 4.40. The second-order valence-corrected chi connectivity index (χ2v) is 8.68. The Morgan fingerprint density at radius 3 is 2.70 bits per heavy atom. The Balaban J connectivity index is 1.66. The van der Waals surface area contributed by atoms with Crippen molar-refractivity contribution in [2.75, 3.05) is 11.9 Å². The molecule has 3 rings (SSSR count). The van der Waals surface area contributed by atoms with E-state index in [1.165, 1.54) is 25.1 Å². The van der Waals surface area contributed by atoms with Gasteiger partial charge in [-0.2, -0.15) is 0 Å². The van der Waals surface area contributed by atoms with Crippen LogP contribution in [-0.2, 0) is 26.0 Å². The summed E-state index contributed by atoms with van der Waals surface area (Å²) in [6.07, 6.45) is -0.158. The number of amides is 2. The summed E-state index contributed by atoms with van der Waals surface area (Å²) in [7, 11) is -3.74. The fourth-order valence-corrected chi connectivity index (χ4v) is 4.09. The second-order valence-electron chi connectivity index (χ2n) is 6.32. The van der Waals surface area contributed by atoms with Crippen molar-refractivity contribution in [2.45, 2.75) is 30.0 Å². The smallest absolute Gasteiger partial charge is 0.262 e. The lowest BCUT2D eigenvalue weighted by Crippen LogP contribution is -2.30. The SMILES string of the molecule is C[C@@H](CC(=O)NCc1ccccc1)S(=O)(=O)c1ccc2c(c1)NC(=O)CO2. The monoisotopic (exact) mass is 388 g/mol. The molecule has 1 aliphatic rings. The van der Waals surface area contributed by atoms with Crippen LogP contribution in [-0.4, -0.2) is 32.1 Å². The van der Waals surface area contributed by atoms with Crippen molar-refractivity contribution in [3.63, 3.8) is 0 Å². The molecule has 2 aromatic carbocycles. The highest BCUT2D eigenvalue weighted by atomic mass is 32.2. The number of benzene rings is 2. The van der Waals surface area contributed by atoms with Gasteiger partial charge in [-0.05, 0) is 30.7 Å². The minimum Gasteiger partial charge on any atom is -0.482 e.